The zero-order valence-electron chi connectivity index (χ0n) is 10.2. The van der Waals surface area contributed by atoms with E-state index in [1.165, 1.54) is 0 Å². The molecule has 0 rings (SSSR count). The van der Waals surface area contributed by atoms with Crippen LogP contribution in [0.4, 0.5) is 0 Å². The fraction of sp³-hybridized carbons (Fsp3) is 0.909. The topological polar surface area (TPSA) is 49.8 Å². The lowest BCUT2D eigenvalue weighted by molar-refractivity contribution is -0.138. The molecule has 4 heteroatoms. The Morgan fingerprint density at radius 1 is 1.33 bits per heavy atom. The summed E-state index contributed by atoms with van der Waals surface area (Å²) in [6.45, 7) is 8.63. The Balaban J connectivity index is 3.95. The summed E-state index contributed by atoms with van der Waals surface area (Å²) in [5.74, 6) is -0.778. The van der Waals surface area contributed by atoms with Gasteiger partial charge in [-0.05, 0) is 18.4 Å². The molecule has 0 aromatic carbocycles. The van der Waals surface area contributed by atoms with Crippen molar-refractivity contribution in [3.8, 4) is 0 Å². The SMILES string of the molecule is COCCN(CCC(C)(C)C)CC(=O)O. The Morgan fingerprint density at radius 3 is 2.33 bits per heavy atom. The highest BCUT2D eigenvalue weighted by Gasteiger charge is 2.15. The quantitative estimate of drug-likeness (QED) is 0.701. The molecule has 0 unspecified atom stereocenters. The molecule has 1 N–H and O–H groups in total. The minimum atomic E-state index is -0.778. The van der Waals surface area contributed by atoms with Crippen LogP contribution < -0.4 is 0 Å². The second kappa shape index (κ2) is 6.80. The van der Waals surface area contributed by atoms with E-state index < -0.39 is 5.97 Å². The van der Waals surface area contributed by atoms with Crippen LogP contribution in [0.1, 0.15) is 27.2 Å². The van der Waals surface area contributed by atoms with Gasteiger partial charge in [0.15, 0.2) is 0 Å². The van der Waals surface area contributed by atoms with E-state index in [1.807, 2.05) is 4.90 Å². The standard InChI is InChI=1S/C11H23NO3/c1-11(2,3)5-6-12(7-8-15-4)9-10(13)14/h5-9H2,1-4H3,(H,13,14). The number of nitrogens with zero attached hydrogens (tertiary/aromatic N) is 1. The third-order valence-electron chi connectivity index (χ3n) is 2.15. The summed E-state index contributed by atoms with van der Waals surface area (Å²) >= 11 is 0. The van der Waals surface area contributed by atoms with E-state index in [0.717, 1.165) is 13.0 Å². The fourth-order valence-electron chi connectivity index (χ4n) is 1.18. The maximum Gasteiger partial charge on any atom is 0.317 e. The maximum absolute atomic E-state index is 10.6. The summed E-state index contributed by atoms with van der Waals surface area (Å²) in [6, 6.07) is 0. The van der Waals surface area contributed by atoms with E-state index in [1.54, 1.807) is 7.11 Å². The molecule has 0 heterocycles. The van der Waals surface area contributed by atoms with E-state index in [4.69, 9.17) is 9.84 Å². The van der Waals surface area contributed by atoms with Crippen molar-refractivity contribution >= 4 is 5.97 Å². The van der Waals surface area contributed by atoms with Crippen molar-refractivity contribution in [2.75, 3.05) is 33.4 Å². The van der Waals surface area contributed by atoms with Gasteiger partial charge >= 0.3 is 5.97 Å². The molecule has 0 saturated heterocycles. The minimum Gasteiger partial charge on any atom is -0.480 e. The van der Waals surface area contributed by atoms with Crippen LogP contribution in [0, 0.1) is 5.41 Å². The predicted octanol–water partition coefficient (Wildman–Crippen LogP) is 1.46. The molecular formula is C11H23NO3. The largest absolute Gasteiger partial charge is 0.480 e. The molecule has 0 aliphatic heterocycles. The Kier molecular flexibility index (Phi) is 6.52. The van der Waals surface area contributed by atoms with Crippen LogP contribution in [0.15, 0.2) is 0 Å². The Morgan fingerprint density at radius 2 is 1.93 bits per heavy atom. The first-order chi connectivity index (χ1) is 6.85. The number of rotatable bonds is 7. The molecule has 0 amide bonds. The Labute approximate surface area is 92.2 Å². The zero-order chi connectivity index (χ0) is 11.9. The lowest BCUT2D eigenvalue weighted by Crippen LogP contribution is -2.35. The van der Waals surface area contributed by atoms with Gasteiger partial charge in [-0.2, -0.15) is 0 Å². The number of carbonyl (C=O) groups is 1. The normalized spacial score (nSPS) is 12.1. The van der Waals surface area contributed by atoms with Gasteiger partial charge in [-0.1, -0.05) is 20.8 Å². The van der Waals surface area contributed by atoms with E-state index in [0.29, 0.717) is 13.2 Å². The molecular weight excluding hydrogens is 194 g/mol. The first-order valence-corrected chi connectivity index (χ1v) is 5.28. The highest BCUT2D eigenvalue weighted by Crippen LogP contribution is 2.18. The number of carboxylic acid groups (broad SMARTS) is 1. The Hall–Kier alpha value is -0.610. The van der Waals surface area contributed by atoms with Crippen LogP contribution in [0.2, 0.25) is 0 Å². The molecule has 0 aromatic rings. The highest BCUT2D eigenvalue weighted by molar-refractivity contribution is 5.69. The first kappa shape index (κ1) is 14.4. The minimum absolute atomic E-state index is 0.0967. The smallest absolute Gasteiger partial charge is 0.317 e. The van der Waals surface area contributed by atoms with Crippen molar-refractivity contribution in [3.63, 3.8) is 0 Å². The first-order valence-electron chi connectivity index (χ1n) is 5.28. The second-order valence-corrected chi connectivity index (χ2v) is 4.97. The van der Waals surface area contributed by atoms with Crippen LogP contribution in [0.5, 0.6) is 0 Å². The molecule has 90 valence electrons. The van der Waals surface area contributed by atoms with Crippen molar-refractivity contribution in [3.05, 3.63) is 0 Å². The third-order valence-corrected chi connectivity index (χ3v) is 2.15. The maximum atomic E-state index is 10.6. The lowest BCUT2D eigenvalue weighted by Gasteiger charge is -2.25. The number of methoxy groups -OCH3 is 1. The van der Waals surface area contributed by atoms with Crippen molar-refractivity contribution in [1.29, 1.82) is 0 Å². The summed E-state index contributed by atoms with van der Waals surface area (Å²) < 4.78 is 4.95. The van der Waals surface area contributed by atoms with Crippen molar-refractivity contribution < 1.29 is 14.6 Å². The number of hydrogen-bond acceptors (Lipinski definition) is 3. The van der Waals surface area contributed by atoms with Crippen molar-refractivity contribution in [2.45, 2.75) is 27.2 Å². The lowest BCUT2D eigenvalue weighted by atomic mass is 9.92. The van der Waals surface area contributed by atoms with Crippen LogP contribution >= 0.6 is 0 Å². The van der Waals surface area contributed by atoms with Gasteiger partial charge in [-0.15, -0.1) is 0 Å². The average molecular weight is 217 g/mol. The van der Waals surface area contributed by atoms with Crippen LogP contribution in [-0.4, -0.2) is 49.3 Å². The van der Waals surface area contributed by atoms with Gasteiger partial charge in [-0.3, -0.25) is 9.69 Å². The summed E-state index contributed by atoms with van der Waals surface area (Å²) in [7, 11) is 1.63. The van der Waals surface area contributed by atoms with E-state index in [9.17, 15) is 4.79 Å². The number of hydrogen-bond donors (Lipinski definition) is 1. The summed E-state index contributed by atoms with van der Waals surface area (Å²) in [5.41, 5.74) is 0.240. The average Bonchev–Trinajstić information content (AvgIpc) is 2.07. The number of ether oxygens (including phenoxy) is 1. The molecule has 0 bridgehead atoms. The number of carboxylic acids is 1. The van der Waals surface area contributed by atoms with Gasteiger partial charge in [-0.25, -0.2) is 0 Å². The molecule has 0 aromatic heterocycles. The molecule has 0 aliphatic carbocycles. The molecule has 15 heavy (non-hydrogen) atoms. The summed E-state index contributed by atoms with van der Waals surface area (Å²) in [6.07, 6.45) is 0.990. The van der Waals surface area contributed by atoms with Crippen LogP contribution in [0.3, 0.4) is 0 Å². The van der Waals surface area contributed by atoms with Gasteiger partial charge < -0.3 is 9.84 Å². The highest BCUT2D eigenvalue weighted by atomic mass is 16.5. The molecule has 0 aliphatic rings. The molecule has 4 nitrogen and oxygen atoms in total. The number of aliphatic carboxylic acids is 1. The van der Waals surface area contributed by atoms with Crippen LogP contribution in [0.25, 0.3) is 0 Å². The van der Waals surface area contributed by atoms with Gasteiger partial charge in [0.1, 0.15) is 0 Å². The van der Waals surface area contributed by atoms with Gasteiger partial charge in [0, 0.05) is 13.7 Å². The van der Waals surface area contributed by atoms with Crippen LogP contribution in [-0.2, 0) is 9.53 Å². The van der Waals surface area contributed by atoms with Gasteiger partial charge in [0.05, 0.1) is 13.2 Å². The van der Waals surface area contributed by atoms with E-state index in [2.05, 4.69) is 20.8 Å². The monoisotopic (exact) mass is 217 g/mol. The molecule has 0 saturated carbocycles. The fourth-order valence-corrected chi connectivity index (χ4v) is 1.18. The molecule has 0 atom stereocenters. The molecule has 0 radical (unpaired) electrons. The second-order valence-electron chi connectivity index (χ2n) is 4.97. The molecule has 0 spiro atoms. The summed E-state index contributed by atoms with van der Waals surface area (Å²) in [5, 5.41) is 8.73. The third kappa shape index (κ3) is 9.69. The van der Waals surface area contributed by atoms with E-state index >= 15 is 0 Å². The zero-order valence-corrected chi connectivity index (χ0v) is 10.2. The summed E-state index contributed by atoms with van der Waals surface area (Å²) in [4.78, 5) is 12.5. The van der Waals surface area contributed by atoms with Gasteiger partial charge in [0.25, 0.3) is 0 Å². The van der Waals surface area contributed by atoms with Gasteiger partial charge in [0.2, 0.25) is 0 Å². The Bertz CT molecular complexity index is 187. The predicted molar refractivity (Wildman–Crippen MR) is 60.0 cm³/mol. The van der Waals surface area contributed by atoms with Crippen molar-refractivity contribution in [1.82, 2.24) is 4.90 Å². The molecule has 0 fully saturated rings. The van der Waals surface area contributed by atoms with E-state index in [-0.39, 0.29) is 12.0 Å². The van der Waals surface area contributed by atoms with Crippen molar-refractivity contribution in [2.24, 2.45) is 5.41 Å².